The summed E-state index contributed by atoms with van der Waals surface area (Å²) >= 11 is 0. The molecule has 0 bridgehead atoms. The Labute approximate surface area is 471 Å². The van der Waals surface area contributed by atoms with Crippen molar-refractivity contribution in [2.45, 2.75) is 196 Å². The van der Waals surface area contributed by atoms with Gasteiger partial charge < -0.3 is 52.0 Å². The Morgan fingerprint density at radius 1 is 0.861 bits per heavy atom. The van der Waals surface area contributed by atoms with Crippen molar-refractivity contribution in [1.82, 2.24) is 36.4 Å². The maximum atomic E-state index is 14.4. The number of nitrogens with two attached hydrogens (primary N) is 1. The molecule has 0 radical (unpaired) electrons. The zero-order valence-corrected chi connectivity index (χ0v) is 50.4. The lowest BCUT2D eigenvalue weighted by Crippen LogP contribution is -2.60. The van der Waals surface area contributed by atoms with Gasteiger partial charge in [0, 0.05) is 38.6 Å². The topological polar surface area (TPSA) is 285 Å². The molecule has 4 fully saturated rings. The number of amides is 7. The van der Waals surface area contributed by atoms with Crippen molar-refractivity contribution in [3.8, 4) is 0 Å². The number of rotatable bonds is 15. The Morgan fingerprint density at radius 3 is 1.99 bits per heavy atom. The largest absolute Gasteiger partial charge is 0.445 e. The van der Waals surface area contributed by atoms with E-state index in [1.165, 1.54) is 6.08 Å². The number of hydrogen-bond acceptors (Lipinski definition) is 13. The summed E-state index contributed by atoms with van der Waals surface area (Å²) in [5.74, 6) is -2.10. The molecule has 7 amide bonds. The molecule has 4 aliphatic rings. The average Bonchev–Trinajstić information content (AvgIpc) is 3.64. The zero-order valence-electron chi connectivity index (χ0n) is 49.5. The molecule has 8 N–H and O–H groups in total. The number of hydrogen-bond donors (Lipinski definition) is 7. The molecule has 3 saturated heterocycles. The van der Waals surface area contributed by atoms with Crippen molar-refractivity contribution in [3.05, 3.63) is 48.6 Å². The van der Waals surface area contributed by atoms with Gasteiger partial charge in [-0.1, -0.05) is 158 Å². The van der Waals surface area contributed by atoms with Gasteiger partial charge in [-0.05, 0) is 64.7 Å². The third kappa shape index (κ3) is 22.7. The fourth-order valence-electron chi connectivity index (χ4n) is 9.84. The van der Waals surface area contributed by atoms with Crippen LogP contribution in [0.3, 0.4) is 0 Å². The van der Waals surface area contributed by atoms with E-state index in [0.29, 0.717) is 45.3 Å². The van der Waals surface area contributed by atoms with Crippen LogP contribution in [0.5, 0.6) is 0 Å². The Kier molecular flexibility index (Phi) is 26.4. The fraction of sp³-hybridized carbons (Fsp3) is 0.741. The number of carbonyl (C=O) groups excluding carboxylic acids is 7. The van der Waals surface area contributed by atoms with Gasteiger partial charge in [0.15, 0.2) is 0 Å². The highest BCUT2D eigenvalue weighted by Gasteiger charge is 2.69. The molecule has 8 atom stereocenters. The van der Waals surface area contributed by atoms with Crippen LogP contribution in [0.1, 0.15) is 159 Å². The van der Waals surface area contributed by atoms with E-state index in [4.69, 9.17) is 19.8 Å². The van der Waals surface area contributed by atoms with E-state index in [9.17, 15) is 42.0 Å². The van der Waals surface area contributed by atoms with Crippen molar-refractivity contribution in [2.75, 3.05) is 45.6 Å². The summed E-state index contributed by atoms with van der Waals surface area (Å²) in [6, 6.07) is 5.23. The predicted octanol–water partition coefficient (Wildman–Crippen LogP) is 6.10. The van der Waals surface area contributed by atoms with E-state index in [1.54, 1.807) is 4.90 Å². The first-order chi connectivity index (χ1) is 36.7. The number of nitrogens with zero attached hydrogens (tertiary/aromatic N) is 2. The van der Waals surface area contributed by atoms with Crippen molar-refractivity contribution in [2.24, 2.45) is 39.2 Å². The van der Waals surface area contributed by atoms with Gasteiger partial charge in [-0.15, -0.1) is 6.58 Å². The second kappa shape index (κ2) is 30.6. The Balaban J connectivity index is 0.000000449. The highest BCUT2D eigenvalue weighted by molar-refractivity contribution is 7.86. The summed E-state index contributed by atoms with van der Waals surface area (Å²) in [7, 11) is -3.56. The van der Waals surface area contributed by atoms with E-state index in [-0.39, 0.29) is 83.8 Å². The van der Waals surface area contributed by atoms with Crippen LogP contribution in [-0.4, -0.2) is 147 Å². The number of alkyl carbamates (subject to hydrolysis) is 1. The average molecular weight is 1130 g/mol. The summed E-state index contributed by atoms with van der Waals surface area (Å²) in [5, 5.41) is 22.7. The zero-order chi connectivity index (χ0) is 59.5. The Bertz CT molecular complexity index is 2300. The van der Waals surface area contributed by atoms with E-state index in [0.717, 1.165) is 63.2 Å². The molecule has 3 heterocycles. The molecule has 21 heteroatoms. The smallest absolute Gasteiger partial charge is 0.407 e. The molecular formula is C58H98N8O12S. The molecule has 20 nitrogen and oxygen atoms in total. The summed E-state index contributed by atoms with van der Waals surface area (Å²) < 4.78 is 32.1. The van der Waals surface area contributed by atoms with Gasteiger partial charge in [0.05, 0.1) is 37.6 Å². The lowest BCUT2D eigenvalue weighted by molar-refractivity contribution is -0.144. The Morgan fingerprint density at radius 2 is 1.46 bits per heavy atom. The lowest BCUT2D eigenvalue weighted by atomic mass is 9.86. The second-order valence-corrected chi connectivity index (χ2v) is 27.2. The number of likely N-dealkylation sites (tertiary alicyclic amines) is 1. The molecule has 1 aromatic rings. The van der Waals surface area contributed by atoms with Crippen molar-refractivity contribution >= 4 is 51.7 Å². The third-order valence-electron chi connectivity index (χ3n) is 15.6. The third-order valence-corrected chi connectivity index (χ3v) is 16.2. The molecule has 1 aromatic carbocycles. The van der Waals surface area contributed by atoms with Gasteiger partial charge in [0.2, 0.25) is 23.5 Å². The van der Waals surface area contributed by atoms with E-state index in [2.05, 4.69) is 47.0 Å². The second-order valence-electron chi connectivity index (χ2n) is 25.5. The molecule has 0 spiro atoms. The van der Waals surface area contributed by atoms with Gasteiger partial charge in [0.1, 0.15) is 18.7 Å². The van der Waals surface area contributed by atoms with Gasteiger partial charge in [-0.2, -0.15) is 8.42 Å². The number of urea groups is 1. The normalized spacial score (nSPS) is 23.2. The van der Waals surface area contributed by atoms with Crippen molar-refractivity contribution in [1.29, 1.82) is 0 Å². The van der Waals surface area contributed by atoms with E-state index >= 15 is 0 Å². The Hall–Kier alpha value is -5.12. The molecule has 0 unspecified atom stereocenters. The summed E-state index contributed by atoms with van der Waals surface area (Å²) in [5.41, 5.74) is 5.52. The maximum absolute atomic E-state index is 14.4. The number of nitrogens with one attached hydrogen (secondary N) is 5. The lowest BCUT2D eigenvalue weighted by Gasteiger charge is -2.38. The number of piperidine rings is 2. The summed E-state index contributed by atoms with van der Waals surface area (Å²) in [6.45, 7) is 27.1. The van der Waals surface area contributed by atoms with Crippen LogP contribution in [0, 0.1) is 33.5 Å². The number of carbonyl (C=O) groups is 7. The summed E-state index contributed by atoms with van der Waals surface area (Å²) in [6.07, 6.45) is 11.1. The monoisotopic (exact) mass is 1130 g/mol. The highest BCUT2D eigenvalue weighted by Crippen LogP contribution is 2.65. The maximum Gasteiger partial charge on any atom is 0.407 e. The van der Waals surface area contributed by atoms with Crippen LogP contribution in [0.2, 0.25) is 0 Å². The number of ketones is 1. The number of Topliss-reactive ketones (excluding diaryl/α,β-unsaturated/α-hetero) is 1. The van der Waals surface area contributed by atoms with Crippen LogP contribution in [0.4, 0.5) is 9.59 Å². The first-order valence-electron chi connectivity index (χ1n) is 28.3. The molecule has 3 aliphatic heterocycles. The summed E-state index contributed by atoms with van der Waals surface area (Å²) in [4.78, 5) is 95.8. The molecule has 0 aromatic heterocycles. The standard InChI is InChI=1S/C37H60N6O6.C15H23NO5S.C6H15NO/c1-7-20-38-33(47)31(45)25-17-13-11-9-8-10-12-14-18-26(34(48)43-22-24-29(37(24,5)6)30(43)32(46)39-25)40-35(49)41-27(36(2,3)4)23-42-21-16-15-19-28(42)44;1-15(2,3)13(11-21-22(4,18)19)16-14(17)20-10-12-8-6-5-7-9-12;1-6(2,3)5(7)4-8/h7,24-27,29-30H,1,8-23H2,2-6H3,(H,38,47)(H,39,46)(H2,40,41,49);5-9,13H,10-11H2,1-4H3,(H,16,17);5,8H,4,7H2,1-3H3/t24-,25-,26-,27+,29-,30-;13-;5-/m011/s1. The van der Waals surface area contributed by atoms with Crippen LogP contribution < -0.4 is 32.3 Å². The number of aliphatic hydroxyl groups is 1. The first kappa shape index (κ1) is 68.2. The minimum atomic E-state index is -3.56. The van der Waals surface area contributed by atoms with Gasteiger partial charge in [0.25, 0.3) is 16.0 Å². The highest BCUT2D eigenvalue weighted by atomic mass is 32.2. The SMILES string of the molecule is C=CCNC(=O)C(=O)[C@@H]1CCCCCCCCC[C@H](NC(=O)N[C@H](CN2CCCCC2=O)C(C)(C)C)C(=O)N2C[C@H]3[C@@H]([C@H]2C(=O)N1)C3(C)C.CC(C)(C)[C@@H](COS(C)(=O)=O)NC(=O)OCc1ccccc1.CC(C)(C)[C@H](N)CO. The van der Waals surface area contributed by atoms with Crippen molar-refractivity contribution < 1.29 is 56.0 Å². The minimum absolute atomic E-state index is 0.0365. The molecule has 79 heavy (non-hydrogen) atoms. The first-order valence-corrected chi connectivity index (χ1v) is 30.1. The quantitative estimate of drug-likeness (QED) is 0.0595. The van der Waals surface area contributed by atoms with E-state index in [1.807, 2.05) is 97.5 Å². The van der Waals surface area contributed by atoms with Gasteiger partial charge in [-0.25, -0.2) is 9.59 Å². The molecular weight excluding hydrogens is 1030 g/mol. The number of fused-ring (bicyclic) bond motifs is 3. The van der Waals surface area contributed by atoms with Crippen molar-refractivity contribution in [3.63, 3.8) is 0 Å². The molecule has 448 valence electrons. The number of ether oxygens (including phenoxy) is 1. The van der Waals surface area contributed by atoms with Crippen LogP contribution >= 0.6 is 0 Å². The minimum Gasteiger partial charge on any atom is -0.445 e. The molecule has 1 saturated carbocycles. The van der Waals surface area contributed by atoms with Crippen LogP contribution in [0.25, 0.3) is 0 Å². The number of aliphatic hydroxyl groups excluding tert-OH is 1. The number of benzene rings is 1. The predicted molar refractivity (Wildman–Crippen MR) is 305 cm³/mol. The fourth-order valence-corrected chi connectivity index (χ4v) is 10.2. The van der Waals surface area contributed by atoms with Gasteiger partial charge in [-0.3, -0.25) is 28.2 Å². The van der Waals surface area contributed by atoms with E-state index < -0.39 is 64.0 Å². The molecule has 1 aliphatic carbocycles. The van der Waals surface area contributed by atoms with Gasteiger partial charge >= 0.3 is 12.1 Å². The van der Waals surface area contributed by atoms with Crippen LogP contribution in [0.15, 0.2) is 43.0 Å². The van der Waals surface area contributed by atoms with Crippen LogP contribution in [-0.2, 0) is 49.6 Å². The molecule has 5 rings (SSSR count).